The summed E-state index contributed by atoms with van der Waals surface area (Å²) in [5.74, 6) is 0.313. The smallest absolute Gasteiger partial charge is 0.366 e. The van der Waals surface area contributed by atoms with E-state index in [1.54, 1.807) is 0 Å². The van der Waals surface area contributed by atoms with Crippen molar-refractivity contribution in [1.29, 1.82) is 0 Å². The SMILES string of the molecule is C=C(/N=C\N(C)C(C)C(F)(F)F)N[C@H]1CCNC[C@@H]1N. The van der Waals surface area contributed by atoms with E-state index in [9.17, 15) is 13.2 Å². The molecule has 116 valence electrons. The molecule has 1 aliphatic rings. The zero-order valence-corrected chi connectivity index (χ0v) is 11.7. The molecule has 0 bridgehead atoms. The number of hydrogen-bond donors (Lipinski definition) is 3. The molecule has 1 rings (SSSR count). The molecule has 0 amide bonds. The van der Waals surface area contributed by atoms with Gasteiger partial charge in [-0.2, -0.15) is 13.2 Å². The van der Waals surface area contributed by atoms with Crippen molar-refractivity contribution < 1.29 is 13.2 Å². The van der Waals surface area contributed by atoms with Crippen LogP contribution < -0.4 is 16.4 Å². The van der Waals surface area contributed by atoms with Crippen molar-refractivity contribution in [2.24, 2.45) is 10.7 Å². The van der Waals surface area contributed by atoms with Gasteiger partial charge >= 0.3 is 6.18 Å². The van der Waals surface area contributed by atoms with Gasteiger partial charge in [0.1, 0.15) is 11.9 Å². The second-order valence-electron chi connectivity index (χ2n) is 4.98. The highest BCUT2D eigenvalue weighted by Gasteiger charge is 2.38. The van der Waals surface area contributed by atoms with Gasteiger partial charge in [0.2, 0.25) is 0 Å². The van der Waals surface area contributed by atoms with E-state index in [0.29, 0.717) is 12.4 Å². The third kappa shape index (κ3) is 5.01. The summed E-state index contributed by atoms with van der Waals surface area (Å²) in [6, 6.07) is -1.63. The predicted octanol–water partition coefficient (Wildman–Crippen LogP) is 0.647. The molecular formula is C12H22F3N5. The second-order valence-corrected chi connectivity index (χ2v) is 4.98. The number of nitrogens with zero attached hydrogens (tertiary/aromatic N) is 2. The van der Waals surface area contributed by atoms with Crippen LogP contribution in [-0.2, 0) is 0 Å². The fourth-order valence-corrected chi connectivity index (χ4v) is 1.80. The molecule has 0 radical (unpaired) electrons. The number of nitrogens with two attached hydrogens (primary N) is 1. The Morgan fingerprint density at radius 1 is 1.60 bits per heavy atom. The molecule has 0 aromatic carbocycles. The third-order valence-electron chi connectivity index (χ3n) is 3.36. The van der Waals surface area contributed by atoms with E-state index in [1.165, 1.54) is 7.05 Å². The van der Waals surface area contributed by atoms with Crippen molar-refractivity contribution in [2.75, 3.05) is 20.1 Å². The third-order valence-corrected chi connectivity index (χ3v) is 3.36. The molecule has 1 fully saturated rings. The first-order valence-corrected chi connectivity index (χ1v) is 6.46. The van der Waals surface area contributed by atoms with Gasteiger partial charge in [-0.05, 0) is 19.9 Å². The molecule has 0 saturated carbocycles. The molecule has 1 saturated heterocycles. The Morgan fingerprint density at radius 3 is 2.80 bits per heavy atom. The van der Waals surface area contributed by atoms with Crippen molar-refractivity contribution >= 4 is 6.34 Å². The quantitative estimate of drug-likeness (QED) is 0.514. The highest BCUT2D eigenvalue weighted by molar-refractivity contribution is 5.56. The predicted molar refractivity (Wildman–Crippen MR) is 73.3 cm³/mol. The second kappa shape index (κ2) is 6.94. The summed E-state index contributed by atoms with van der Waals surface area (Å²) in [5.41, 5.74) is 5.91. The Bertz CT molecular complexity index is 355. The Balaban J connectivity index is 2.47. The van der Waals surface area contributed by atoms with Crippen LogP contribution in [0, 0.1) is 0 Å². The van der Waals surface area contributed by atoms with Crippen LogP contribution in [0.4, 0.5) is 13.2 Å². The van der Waals surface area contributed by atoms with Crippen LogP contribution in [0.25, 0.3) is 0 Å². The number of hydrogen-bond acceptors (Lipinski definition) is 4. The van der Waals surface area contributed by atoms with Gasteiger partial charge in [-0.3, -0.25) is 0 Å². The molecule has 20 heavy (non-hydrogen) atoms. The molecule has 1 heterocycles. The van der Waals surface area contributed by atoms with Gasteiger partial charge in [0.25, 0.3) is 0 Å². The minimum atomic E-state index is -4.28. The molecule has 0 spiro atoms. The fourth-order valence-electron chi connectivity index (χ4n) is 1.80. The lowest BCUT2D eigenvalue weighted by molar-refractivity contribution is -0.165. The van der Waals surface area contributed by atoms with Gasteiger partial charge in [0.05, 0.1) is 6.34 Å². The maximum atomic E-state index is 12.5. The van der Waals surface area contributed by atoms with Gasteiger partial charge in [-0.25, -0.2) is 4.99 Å². The monoisotopic (exact) mass is 293 g/mol. The van der Waals surface area contributed by atoms with Crippen LogP contribution in [0.15, 0.2) is 17.4 Å². The van der Waals surface area contributed by atoms with Crippen molar-refractivity contribution in [1.82, 2.24) is 15.5 Å². The first-order chi connectivity index (χ1) is 9.21. The lowest BCUT2D eigenvalue weighted by Gasteiger charge is -2.30. The van der Waals surface area contributed by atoms with Crippen molar-refractivity contribution in [2.45, 2.75) is 37.6 Å². The van der Waals surface area contributed by atoms with Crippen molar-refractivity contribution in [3.05, 3.63) is 12.4 Å². The van der Waals surface area contributed by atoms with Crippen LogP contribution in [0.5, 0.6) is 0 Å². The molecule has 4 N–H and O–H groups in total. The standard InChI is InChI=1S/C12H22F3N5/c1-8(12(13,14)15)20(3)7-18-9(2)19-11-4-5-17-6-10(11)16/h7-8,10-11,17,19H,2,4-6,16H2,1,3H3/b18-7-/t8?,10-,11-/m0/s1. The number of rotatable bonds is 5. The summed E-state index contributed by atoms with van der Waals surface area (Å²) in [4.78, 5) is 4.90. The summed E-state index contributed by atoms with van der Waals surface area (Å²) in [6.07, 6.45) is -2.34. The Labute approximate surface area is 117 Å². The fraction of sp³-hybridized carbons (Fsp3) is 0.750. The number of halogens is 3. The molecule has 5 nitrogen and oxygen atoms in total. The van der Waals surface area contributed by atoms with Gasteiger partial charge in [0, 0.05) is 25.7 Å². The highest BCUT2D eigenvalue weighted by atomic mass is 19.4. The lowest BCUT2D eigenvalue weighted by Crippen LogP contribution is -2.54. The minimum Gasteiger partial charge on any atom is -0.366 e. The average Bonchev–Trinajstić information content (AvgIpc) is 2.36. The molecule has 0 aliphatic carbocycles. The zero-order valence-electron chi connectivity index (χ0n) is 11.7. The molecule has 0 aromatic rings. The minimum absolute atomic E-state index is 0.0336. The van der Waals surface area contributed by atoms with E-state index in [1.807, 2.05) is 0 Å². The number of piperidine rings is 1. The van der Waals surface area contributed by atoms with Crippen molar-refractivity contribution in [3.8, 4) is 0 Å². The van der Waals surface area contributed by atoms with Crippen LogP contribution in [0.2, 0.25) is 0 Å². The first-order valence-electron chi connectivity index (χ1n) is 6.46. The van der Waals surface area contributed by atoms with E-state index in [0.717, 1.165) is 31.1 Å². The highest BCUT2D eigenvalue weighted by Crippen LogP contribution is 2.22. The van der Waals surface area contributed by atoms with E-state index in [2.05, 4.69) is 22.2 Å². The molecule has 1 aliphatic heterocycles. The Hall–Kier alpha value is -1.28. The number of nitrogens with one attached hydrogen (secondary N) is 2. The summed E-state index contributed by atoms with van der Waals surface area (Å²) in [7, 11) is 1.32. The maximum absolute atomic E-state index is 12.5. The largest absolute Gasteiger partial charge is 0.408 e. The summed E-state index contributed by atoms with van der Waals surface area (Å²) >= 11 is 0. The summed E-state index contributed by atoms with van der Waals surface area (Å²) in [6.45, 7) is 6.29. The number of aliphatic imine (C=N–C) groups is 1. The van der Waals surface area contributed by atoms with Crippen LogP contribution in [-0.4, -0.2) is 55.7 Å². The Kier molecular flexibility index (Phi) is 5.82. The van der Waals surface area contributed by atoms with Crippen molar-refractivity contribution in [3.63, 3.8) is 0 Å². The zero-order chi connectivity index (χ0) is 15.3. The molecular weight excluding hydrogens is 271 g/mol. The van der Waals surface area contributed by atoms with E-state index in [4.69, 9.17) is 5.73 Å². The number of alkyl halides is 3. The average molecular weight is 293 g/mol. The maximum Gasteiger partial charge on any atom is 0.408 e. The van der Waals surface area contributed by atoms with Crippen LogP contribution >= 0.6 is 0 Å². The van der Waals surface area contributed by atoms with Crippen LogP contribution in [0.1, 0.15) is 13.3 Å². The first kappa shape index (κ1) is 16.8. The van der Waals surface area contributed by atoms with Crippen LogP contribution in [0.3, 0.4) is 0 Å². The van der Waals surface area contributed by atoms with E-state index in [-0.39, 0.29) is 12.1 Å². The van der Waals surface area contributed by atoms with Gasteiger partial charge in [0.15, 0.2) is 0 Å². The van der Waals surface area contributed by atoms with Gasteiger partial charge in [-0.15, -0.1) is 0 Å². The molecule has 1 unspecified atom stereocenters. The molecule has 8 heteroatoms. The van der Waals surface area contributed by atoms with Gasteiger partial charge < -0.3 is 21.3 Å². The van der Waals surface area contributed by atoms with Gasteiger partial charge in [-0.1, -0.05) is 6.58 Å². The topological polar surface area (TPSA) is 65.7 Å². The lowest BCUT2D eigenvalue weighted by atomic mass is 10.0. The molecule has 3 atom stereocenters. The van der Waals surface area contributed by atoms with E-state index < -0.39 is 12.2 Å². The summed E-state index contributed by atoms with van der Waals surface area (Å²) < 4.78 is 37.4. The molecule has 0 aromatic heterocycles. The summed E-state index contributed by atoms with van der Waals surface area (Å²) in [5, 5.41) is 6.19. The normalized spacial score (nSPS) is 25.5. The Morgan fingerprint density at radius 2 is 2.25 bits per heavy atom. The van der Waals surface area contributed by atoms with E-state index >= 15 is 0 Å².